The minimum atomic E-state index is -0.292. The van der Waals surface area contributed by atoms with Crippen molar-refractivity contribution in [3.8, 4) is 11.4 Å². The Kier molecular flexibility index (Phi) is 5.44. The molecule has 1 aliphatic heterocycles. The van der Waals surface area contributed by atoms with Crippen LogP contribution in [-0.4, -0.2) is 38.7 Å². The Morgan fingerprint density at radius 2 is 2.08 bits per heavy atom. The van der Waals surface area contributed by atoms with E-state index in [0.717, 1.165) is 50.3 Å². The largest absolute Gasteiger partial charge is 0.342 e. The molecule has 1 atom stereocenters. The number of nitrogens with zero attached hydrogens (tertiary/aromatic N) is 4. The lowest BCUT2D eigenvalue weighted by Crippen LogP contribution is -2.38. The van der Waals surface area contributed by atoms with Crippen molar-refractivity contribution in [2.75, 3.05) is 13.1 Å². The summed E-state index contributed by atoms with van der Waals surface area (Å²) in [6.45, 7) is 10.8. The number of carbonyl (C=O) groups excluding carboxylic acids is 1. The molecule has 1 aliphatic rings. The van der Waals surface area contributed by atoms with Crippen molar-refractivity contribution in [3.05, 3.63) is 36.2 Å². The highest BCUT2D eigenvalue weighted by Crippen LogP contribution is 2.26. The molecule has 5 nitrogen and oxygen atoms in total. The summed E-state index contributed by atoms with van der Waals surface area (Å²) in [5.74, 6) is 0.789. The summed E-state index contributed by atoms with van der Waals surface area (Å²) >= 11 is 0. The van der Waals surface area contributed by atoms with E-state index in [-0.39, 0.29) is 11.3 Å². The summed E-state index contributed by atoms with van der Waals surface area (Å²) in [5.41, 5.74) is 2.99. The zero-order chi connectivity index (χ0) is 18.7. The SMILES string of the molecule is CCCn1nccc1-c1ccc(C[C@@H]2CCN(C(=O)C(C)(C)C)C2)cn1. The van der Waals surface area contributed by atoms with Crippen molar-refractivity contribution in [2.24, 2.45) is 11.3 Å². The number of likely N-dealkylation sites (tertiary alicyclic amines) is 1. The maximum atomic E-state index is 12.4. The predicted octanol–water partition coefficient (Wildman–Crippen LogP) is 3.79. The summed E-state index contributed by atoms with van der Waals surface area (Å²) in [4.78, 5) is 19.1. The molecule has 0 saturated carbocycles. The number of hydrogen-bond acceptors (Lipinski definition) is 3. The van der Waals surface area contributed by atoms with Crippen LogP contribution in [0, 0.1) is 11.3 Å². The Bertz CT molecular complexity index is 742. The second-order valence-corrected chi connectivity index (χ2v) is 8.35. The van der Waals surface area contributed by atoms with Gasteiger partial charge in [-0.25, -0.2) is 0 Å². The smallest absolute Gasteiger partial charge is 0.227 e. The molecule has 0 radical (unpaired) electrons. The highest BCUT2D eigenvalue weighted by molar-refractivity contribution is 5.81. The molecule has 3 heterocycles. The van der Waals surface area contributed by atoms with Gasteiger partial charge in [0.1, 0.15) is 0 Å². The lowest BCUT2D eigenvalue weighted by Gasteiger charge is -2.25. The molecule has 1 fully saturated rings. The zero-order valence-electron chi connectivity index (χ0n) is 16.4. The van der Waals surface area contributed by atoms with Crippen molar-refractivity contribution in [1.82, 2.24) is 19.7 Å². The van der Waals surface area contributed by atoms with E-state index in [1.807, 2.05) is 48.8 Å². The lowest BCUT2D eigenvalue weighted by molar-refractivity contribution is -0.138. The van der Waals surface area contributed by atoms with Gasteiger partial charge in [0.05, 0.1) is 11.4 Å². The Hall–Kier alpha value is -2.17. The molecule has 140 valence electrons. The van der Waals surface area contributed by atoms with E-state index in [2.05, 4.69) is 29.1 Å². The van der Waals surface area contributed by atoms with E-state index < -0.39 is 0 Å². The minimum absolute atomic E-state index is 0.262. The first-order valence-corrected chi connectivity index (χ1v) is 9.65. The fourth-order valence-corrected chi connectivity index (χ4v) is 3.63. The predicted molar refractivity (Wildman–Crippen MR) is 104 cm³/mol. The van der Waals surface area contributed by atoms with E-state index in [1.54, 1.807) is 0 Å². The molecule has 5 heteroatoms. The van der Waals surface area contributed by atoms with Gasteiger partial charge in [0.15, 0.2) is 0 Å². The summed E-state index contributed by atoms with van der Waals surface area (Å²) in [7, 11) is 0. The number of amides is 1. The molecule has 3 rings (SSSR count). The maximum Gasteiger partial charge on any atom is 0.227 e. The summed E-state index contributed by atoms with van der Waals surface area (Å²) < 4.78 is 2.01. The monoisotopic (exact) mass is 354 g/mol. The molecule has 0 aliphatic carbocycles. The first kappa shape index (κ1) is 18.6. The number of hydrogen-bond donors (Lipinski definition) is 0. The average Bonchev–Trinajstić information content (AvgIpc) is 3.24. The van der Waals surface area contributed by atoms with Crippen molar-refractivity contribution in [2.45, 2.75) is 53.5 Å². The van der Waals surface area contributed by atoms with Gasteiger partial charge in [-0.1, -0.05) is 33.8 Å². The van der Waals surface area contributed by atoms with Crippen LogP contribution in [0.1, 0.15) is 46.1 Å². The van der Waals surface area contributed by atoms with Crippen LogP contribution in [-0.2, 0) is 17.8 Å². The molecule has 1 saturated heterocycles. The quantitative estimate of drug-likeness (QED) is 0.821. The van der Waals surface area contributed by atoms with Crippen LogP contribution >= 0.6 is 0 Å². The summed E-state index contributed by atoms with van der Waals surface area (Å²) in [6, 6.07) is 6.27. The van der Waals surface area contributed by atoms with Crippen LogP contribution in [0.3, 0.4) is 0 Å². The fraction of sp³-hybridized carbons (Fsp3) is 0.571. The van der Waals surface area contributed by atoms with Gasteiger partial charge in [-0.15, -0.1) is 0 Å². The summed E-state index contributed by atoms with van der Waals surface area (Å²) in [5, 5.41) is 4.37. The molecule has 0 unspecified atom stereocenters. The Balaban J connectivity index is 1.62. The van der Waals surface area contributed by atoms with Crippen molar-refractivity contribution < 1.29 is 4.79 Å². The molecule has 2 aromatic rings. The number of aromatic nitrogens is 3. The molecule has 26 heavy (non-hydrogen) atoms. The normalized spacial score (nSPS) is 17.7. The Morgan fingerprint density at radius 1 is 1.27 bits per heavy atom. The van der Waals surface area contributed by atoms with Crippen LogP contribution in [0.25, 0.3) is 11.4 Å². The van der Waals surface area contributed by atoms with Crippen molar-refractivity contribution in [1.29, 1.82) is 0 Å². The van der Waals surface area contributed by atoms with Gasteiger partial charge in [-0.3, -0.25) is 14.5 Å². The van der Waals surface area contributed by atoms with E-state index in [9.17, 15) is 4.79 Å². The van der Waals surface area contributed by atoms with Crippen molar-refractivity contribution >= 4 is 5.91 Å². The maximum absolute atomic E-state index is 12.4. The lowest BCUT2D eigenvalue weighted by atomic mass is 9.95. The third kappa shape index (κ3) is 4.14. The first-order chi connectivity index (χ1) is 12.4. The first-order valence-electron chi connectivity index (χ1n) is 9.65. The second-order valence-electron chi connectivity index (χ2n) is 8.35. The van der Waals surface area contributed by atoms with Gasteiger partial charge >= 0.3 is 0 Å². The third-order valence-corrected chi connectivity index (χ3v) is 4.98. The number of aryl methyl sites for hydroxylation is 1. The number of rotatable bonds is 5. The van der Waals surface area contributed by atoms with Crippen LogP contribution in [0.5, 0.6) is 0 Å². The molecule has 0 spiro atoms. The van der Waals surface area contributed by atoms with Gasteiger partial charge in [0, 0.05) is 37.4 Å². The zero-order valence-corrected chi connectivity index (χ0v) is 16.4. The second kappa shape index (κ2) is 7.60. The van der Waals surface area contributed by atoms with Gasteiger partial charge < -0.3 is 4.90 Å². The highest BCUT2D eigenvalue weighted by atomic mass is 16.2. The molecule has 0 N–H and O–H groups in total. The third-order valence-electron chi connectivity index (χ3n) is 4.98. The van der Waals surface area contributed by atoms with E-state index in [0.29, 0.717) is 5.92 Å². The molecule has 1 amide bonds. The van der Waals surface area contributed by atoms with Crippen LogP contribution in [0.4, 0.5) is 0 Å². The van der Waals surface area contributed by atoms with E-state index in [1.165, 1.54) is 5.56 Å². The average molecular weight is 354 g/mol. The van der Waals surface area contributed by atoms with Gasteiger partial charge in [0.25, 0.3) is 0 Å². The highest BCUT2D eigenvalue weighted by Gasteiger charge is 2.32. The van der Waals surface area contributed by atoms with Crippen LogP contribution < -0.4 is 0 Å². The van der Waals surface area contributed by atoms with E-state index >= 15 is 0 Å². The van der Waals surface area contributed by atoms with Gasteiger partial charge in [-0.05, 0) is 42.9 Å². The van der Waals surface area contributed by atoms with Gasteiger partial charge in [0.2, 0.25) is 5.91 Å². The summed E-state index contributed by atoms with van der Waals surface area (Å²) in [6.07, 6.45) is 6.92. The topological polar surface area (TPSA) is 51.0 Å². The number of pyridine rings is 1. The number of carbonyl (C=O) groups is 1. The molecular weight excluding hydrogens is 324 g/mol. The minimum Gasteiger partial charge on any atom is -0.342 e. The van der Waals surface area contributed by atoms with Gasteiger partial charge in [-0.2, -0.15) is 5.10 Å². The standard InChI is InChI=1S/C21H30N4O/c1-5-11-25-19(8-10-23-25)18-7-6-16(14-22-18)13-17-9-12-24(15-17)20(26)21(2,3)4/h6-8,10,14,17H,5,9,11-13,15H2,1-4H3/t17-/m0/s1. The Labute approximate surface area is 156 Å². The van der Waals surface area contributed by atoms with Crippen LogP contribution in [0.2, 0.25) is 0 Å². The molecule has 0 bridgehead atoms. The molecular formula is C21H30N4O. The Morgan fingerprint density at radius 3 is 2.73 bits per heavy atom. The molecule has 0 aromatic carbocycles. The fourth-order valence-electron chi connectivity index (χ4n) is 3.63. The van der Waals surface area contributed by atoms with Crippen molar-refractivity contribution in [3.63, 3.8) is 0 Å². The van der Waals surface area contributed by atoms with Crippen LogP contribution in [0.15, 0.2) is 30.6 Å². The molecule has 2 aromatic heterocycles. The van der Waals surface area contributed by atoms with E-state index in [4.69, 9.17) is 0 Å².